The first-order valence-electron chi connectivity index (χ1n) is 26.9. The summed E-state index contributed by atoms with van der Waals surface area (Å²) in [5.74, 6) is 0.229. The minimum Gasteiger partial charge on any atom is -0.508 e. The number of amides is 2. The third kappa shape index (κ3) is 13.3. The van der Waals surface area contributed by atoms with Crippen molar-refractivity contribution in [3.63, 3.8) is 0 Å². The third-order valence-corrected chi connectivity index (χ3v) is 18.2. The molecular formula is C51H64B11Br2F3N5O7. The molecule has 0 aromatic heterocycles. The zero-order valence-corrected chi connectivity index (χ0v) is 47.8. The number of halogens is 5. The highest BCUT2D eigenvalue weighted by atomic mass is 79.9. The highest BCUT2D eigenvalue weighted by molar-refractivity contribution is 9.10. The molecule has 5 heterocycles. The van der Waals surface area contributed by atoms with E-state index in [9.17, 15) is 33.0 Å². The van der Waals surface area contributed by atoms with Gasteiger partial charge in [0.1, 0.15) is 45.9 Å². The first-order valence-corrected chi connectivity index (χ1v) is 28.4. The lowest BCUT2D eigenvalue weighted by molar-refractivity contribution is -0.156. The average molecular weight is 1190 g/mol. The van der Waals surface area contributed by atoms with Crippen LogP contribution in [0.3, 0.4) is 0 Å². The van der Waals surface area contributed by atoms with Crippen molar-refractivity contribution < 1.29 is 50.0 Å². The molecule has 403 valence electrons. The summed E-state index contributed by atoms with van der Waals surface area (Å²) in [6, 6.07) is 13.5. The van der Waals surface area contributed by atoms with Crippen LogP contribution in [-0.2, 0) is 40.4 Å². The minimum absolute atomic E-state index is 0. The number of aliphatic hydroxyl groups excluding tert-OH is 1. The molecule has 2 amide bonds. The standard InChI is InChI=1S/C18H20BrFN2O2.C18H21FN2O3.C15H19BrFNO2.B11.2H2/c1-10-21-18(13-7-12(19)5-6-15(13)20)9-24-16(11-3-4-11)8-14(18)17(23)22(10)2;1-10-20-18(13-7-12(22)5-6-15(13)19)9-24-16(11-3-4-11)8-14(18)17(23)21(10)2;16-11-3-4-13(17)12(6-11)15(18)8-20-14(9-1-2-9)5-10(15)7-19;1-7-10(6)11(8(2)3)9(4)5;;/h5-7,11,14,16,21H,1,3-4,8-9H2,2H3;5-7,11,14,16,20,22H,1,3-4,8-9H2,2H3;3-4,6,9-10,14,19H,1-2,5,7-8,18H2;;2*1H/t2*14-,16+,18+;10-,14+,15-;;;/m000.../s1. The molecule has 12 nitrogen and oxygen atoms in total. The van der Waals surface area contributed by atoms with Crippen molar-refractivity contribution in [3.8, 4) is 5.75 Å². The maximum Gasteiger partial charge on any atom is 0.233 e. The number of carbonyl (C=O) groups excluding carboxylic acids is 2. The van der Waals surface area contributed by atoms with Gasteiger partial charge in [0.15, 0.2) is 0 Å². The summed E-state index contributed by atoms with van der Waals surface area (Å²) >= 11 is 6.76. The Morgan fingerprint density at radius 3 is 1.49 bits per heavy atom. The van der Waals surface area contributed by atoms with Crippen LogP contribution in [-0.4, -0.2) is 170 Å². The SMILES string of the molecule is C=C1N[C@@]2(c3cc(Br)ccc3F)CO[C@@H](C3CC3)C[C@H]2C(=O)N1C.C=C1N[C@@]2(c3cc(O)ccc3F)CO[C@@H](C3CC3)C[C@H]2C(=O)N1C.N[C@@]1(c2cc(Br)ccc2F)CO[C@@H](C2CC2)C[C@H]1CO.[B][B]B([B])B(B([B])[B])B([B])[B].[HH].[HH]. The number of hydrogen-bond donors (Lipinski definition) is 5. The maximum absolute atomic E-state index is 14.7. The summed E-state index contributed by atoms with van der Waals surface area (Å²) in [6.45, 7) is 8.47. The summed E-state index contributed by atoms with van der Waals surface area (Å²) < 4.78 is 62.9. The molecule has 3 aliphatic carbocycles. The number of rotatable bonds is 11. The fraction of sp³-hybridized carbons (Fsp3) is 0.529. The number of benzene rings is 3. The Morgan fingerprint density at radius 2 is 1.09 bits per heavy atom. The summed E-state index contributed by atoms with van der Waals surface area (Å²) in [5, 5.41) is 26.0. The second kappa shape index (κ2) is 25.3. The van der Waals surface area contributed by atoms with E-state index in [0.29, 0.717) is 59.8 Å². The van der Waals surface area contributed by atoms with E-state index < -0.39 is 47.5 Å². The molecule has 13 radical (unpaired) electrons. The molecule has 0 unspecified atom stereocenters. The maximum atomic E-state index is 14.7. The topological polar surface area (TPSA) is 159 Å². The van der Waals surface area contributed by atoms with Gasteiger partial charge < -0.3 is 50.6 Å². The number of ether oxygens (including phenoxy) is 3. The zero-order valence-electron chi connectivity index (χ0n) is 44.6. The van der Waals surface area contributed by atoms with Crippen LogP contribution >= 0.6 is 31.9 Å². The number of aliphatic hydroxyl groups is 1. The van der Waals surface area contributed by atoms with Crippen molar-refractivity contribution in [2.75, 3.05) is 40.5 Å². The number of carbonyl (C=O) groups is 2. The van der Waals surface area contributed by atoms with Gasteiger partial charge in [-0.2, -0.15) is 0 Å². The van der Waals surface area contributed by atoms with Crippen LogP contribution in [0.15, 0.2) is 88.3 Å². The van der Waals surface area contributed by atoms with Crippen molar-refractivity contribution >= 4 is 123 Å². The summed E-state index contributed by atoms with van der Waals surface area (Å²) in [5.41, 5.74) is 4.67. The normalized spacial score (nSPS) is 30.0. The van der Waals surface area contributed by atoms with Crippen molar-refractivity contribution in [1.82, 2.24) is 20.4 Å². The number of phenols is 1. The number of nitrogens with two attached hydrogens (primary N) is 1. The predicted molar refractivity (Wildman–Crippen MR) is 322 cm³/mol. The molecular weight excluding hydrogens is 1130 g/mol. The summed E-state index contributed by atoms with van der Waals surface area (Å²) in [4.78, 5) is 28.9. The fourth-order valence-corrected chi connectivity index (χ4v) is 12.6. The molecule has 3 aromatic rings. The van der Waals surface area contributed by atoms with E-state index >= 15 is 0 Å². The Kier molecular flexibility index (Phi) is 19.8. The second-order valence-electron chi connectivity index (χ2n) is 22.6. The zero-order chi connectivity index (χ0) is 57.5. The first kappa shape index (κ1) is 61.8. The Bertz CT molecular complexity index is 2630. The van der Waals surface area contributed by atoms with Crippen molar-refractivity contribution in [2.45, 2.75) is 92.7 Å². The van der Waals surface area contributed by atoms with Crippen LogP contribution in [0.5, 0.6) is 5.75 Å². The lowest BCUT2D eigenvalue weighted by atomic mass is 8.56. The molecule has 3 saturated carbocycles. The van der Waals surface area contributed by atoms with Crippen molar-refractivity contribution in [3.05, 3.63) is 122 Å². The van der Waals surface area contributed by atoms with Gasteiger partial charge in [-0.05, 0) is 130 Å². The average Bonchev–Trinajstić information content (AvgIpc) is 3.79. The van der Waals surface area contributed by atoms with Gasteiger partial charge in [0.2, 0.25) is 11.8 Å². The third-order valence-electron chi connectivity index (χ3n) is 17.2. The fourth-order valence-electron chi connectivity index (χ4n) is 11.9. The largest absolute Gasteiger partial charge is 0.508 e. The molecule has 0 bridgehead atoms. The van der Waals surface area contributed by atoms with Gasteiger partial charge in [-0.25, -0.2) is 13.2 Å². The van der Waals surface area contributed by atoms with Gasteiger partial charge >= 0.3 is 0 Å². The second-order valence-corrected chi connectivity index (χ2v) is 24.4. The number of fused-ring (bicyclic) bond motifs is 2. The molecule has 5 saturated heterocycles. The highest BCUT2D eigenvalue weighted by Gasteiger charge is 2.58. The van der Waals surface area contributed by atoms with E-state index in [4.69, 9.17) is 66.4 Å². The van der Waals surface area contributed by atoms with Gasteiger partial charge in [0.25, 0.3) is 0 Å². The Labute approximate surface area is 493 Å². The van der Waals surface area contributed by atoms with Gasteiger partial charge in [-0.3, -0.25) is 9.59 Å². The lowest BCUT2D eigenvalue weighted by Gasteiger charge is -2.52. The predicted octanol–water partition coefficient (Wildman–Crippen LogP) is 4.06. The number of phenolic OH excluding ortho intramolecular Hbond substituents is 1. The van der Waals surface area contributed by atoms with Crippen LogP contribution in [0.25, 0.3) is 0 Å². The van der Waals surface area contributed by atoms with Crippen LogP contribution < -0.4 is 16.4 Å². The smallest absolute Gasteiger partial charge is 0.233 e. The van der Waals surface area contributed by atoms with Gasteiger partial charge in [0, 0.05) is 134 Å². The number of aromatic hydroxyl groups is 1. The molecule has 28 heteroatoms. The van der Waals surface area contributed by atoms with Gasteiger partial charge in [-0.15, -0.1) is 0 Å². The van der Waals surface area contributed by atoms with E-state index in [0.717, 1.165) is 34.6 Å². The van der Waals surface area contributed by atoms with Crippen LogP contribution in [0.2, 0.25) is 0 Å². The molecule has 9 atom stereocenters. The number of nitrogens with one attached hydrogen (secondary N) is 2. The van der Waals surface area contributed by atoms with E-state index in [1.165, 1.54) is 60.0 Å². The minimum atomic E-state index is -1.03. The van der Waals surface area contributed by atoms with Crippen molar-refractivity contribution in [1.29, 1.82) is 0 Å². The Hall–Kier alpha value is -3.26. The number of hydrogen-bond acceptors (Lipinski definition) is 10. The van der Waals surface area contributed by atoms with Crippen LogP contribution in [0, 0.1) is 53.0 Å². The quantitative estimate of drug-likeness (QED) is 0.178. The lowest BCUT2D eigenvalue weighted by Crippen LogP contribution is -2.66. The molecule has 11 rings (SSSR count). The monoisotopic (exact) mass is 1190 g/mol. The molecule has 0 spiro atoms. The van der Waals surface area contributed by atoms with Crippen LogP contribution in [0.1, 0.15) is 77.3 Å². The van der Waals surface area contributed by atoms with E-state index in [1.807, 2.05) is 0 Å². The van der Waals surface area contributed by atoms with E-state index in [2.05, 4.69) is 55.7 Å². The molecule has 8 fully saturated rings. The molecule has 6 N–H and O–H groups in total. The molecule has 8 aliphatic rings. The Morgan fingerprint density at radius 1 is 0.696 bits per heavy atom. The molecule has 3 aromatic carbocycles. The van der Waals surface area contributed by atoms with Gasteiger partial charge in [-0.1, -0.05) is 45.0 Å². The summed E-state index contributed by atoms with van der Waals surface area (Å²) in [7, 11) is 36.9. The highest BCUT2D eigenvalue weighted by Crippen LogP contribution is 2.51. The van der Waals surface area contributed by atoms with Crippen LogP contribution in [0.4, 0.5) is 13.2 Å². The number of nitrogens with zero attached hydrogens (tertiary/aromatic N) is 2. The van der Waals surface area contributed by atoms with Crippen molar-refractivity contribution in [2.24, 2.45) is 41.2 Å². The van der Waals surface area contributed by atoms with E-state index in [-0.39, 0.29) is 101 Å². The summed E-state index contributed by atoms with van der Waals surface area (Å²) in [6.07, 6.45) is 6.91. The molecule has 79 heavy (non-hydrogen) atoms. The first-order chi connectivity index (χ1) is 37.4. The van der Waals surface area contributed by atoms with E-state index in [1.54, 1.807) is 38.4 Å². The molecule has 5 aliphatic heterocycles. The Balaban J connectivity index is 0.000000178. The van der Waals surface area contributed by atoms with Gasteiger partial charge in [0.05, 0.1) is 55.5 Å².